The largest absolute Gasteiger partial charge is 0.122 e. The van der Waals surface area contributed by atoms with Gasteiger partial charge in [0.05, 0.1) is 0 Å². The molecule has 0 saturated carbocycles. The molecule has 0 aliphatic heterocycles. The smallest absolute Gasteiger partial charge is 0.0936 e. The summed E-state index contributed by atoms with van der Waals surface area (Å²) in [6, 6.07) is 0. The van der Waals surface area contributed by atoms with Crippen molar-refractivity contribution in [3.8, 4) is 0 Å². The van der Waals surface area contributed by atoms with Gasteiger partial charge in [-0.1, -0.05) is 57.4 Å². The molecule has 0 rings (SSSR count). The van der Waals surface area contributed by atoms with E-state index in [0.29, 0.717) is 5.82 Å². The van der Waals surface area contributed by atoms with Crippen LogP contribution in [0, 0.1) is 0 Å². The molecule has 11 heavy (non-hydrogen) atoms. The van der Waals surface area contributed by atoms with E-state index in [4.69, 9.17) is 0 Å². The summed E-state index contributed by atoms with van der Waals surface area (Å²) in [6.45, 7) is 8.85. The van der Waals surface area contributed by atoms with Crippen LogP contribution in [0.5, 0.6) is 0 Å². The van der Waals surface area contributed by atoms with Crippen molar-refractivity contribution in [3.05, 3.63) is 12.2 Å². The molecule has 0 aliphatic rings. The van der Waals surface area contributed by atoms with Crippen molar-refractivity contribution in [2.45, 2.75) is 52.2 Å². The van der Waals surface area contributed by atoms with Crippen LogP contribution in [-0.4, -0.2) is 7.28 Å². The first-order valence-electron chi connectivity index (χ1n) is 4.72. The Morgan fingerprint density at radius 1 is 1.27 bits per heavy atom. The minimum Gasteiger partial charge on any atom is -0.0936 e. The lowest BCUT2D eigenvalue weighted by Gasteiger charge is -2.12. The normalized spacial score (nSPS) is 16.7. The summed E-state index contributed by atoms with van der Waals surface area (Å²) in [7, 11) is 2.44. The van der Waals surface area contributed by atoms with E-state index in [9.17, 15) is 0 Å². The van der Waals surface area contributed by atoms with Crippen molar-refractivity contribution in [1.82, 2.24) is 0 Å². The Morgan fingerprint density at radius 2 is 1.91 bits per heavy atom. The number of rotatable bonds is 5. The zero-order valence-corrected chi connectivity index (χ0v) is 8.30. The second-order valence-corrected chi connectivity index (χ2v) is 3.18. The first-order valence-corrected chi connectivity index (χ1v) is 4.72. The van der Waals surface area contributed by atoms with E-state index in [1.807, 2.05) is 0 Å². The van der Waals surface area contributed by atoms with E-state index in [1.54, 1.807) is 0 Å². The molecule has 0 nitrogen and oxygen atoms in total. The Kier molecular flexibility index (Phi) is 6.40. The molecule has 0 heterocycles. The van der Waals surface area contributed by atoms with Crippen molar-refractivity contribution in [3.63, 3.8) is 0 Å². The number of hydrogen-bond acceptors (Lipinski definition) is 0. The highest BCUT2D eigenvalue weighted by Crippen LogP contribution is 2.19. The van der Waals surface area contributed by atoms with E-state index in [0.717, 1.165) is 5.82 Å². The van der Waals surface area contributed by atoms with Crippen molar-refractivity contribution >= 4 is 7.28 Å². The van der Waals surface area contributed by atoms with Crippen LogP contribution in [-0.2, 0) is 0 Å². The van der Waals surface area contributed by atoms with Gasteiger partial charge in [0.25, 0.3) is 0 Å². The summed E-state index contributed by atoms with van der Waals surface area (Å²) in [6.07, 6.45) is 6.92. The van der Waals surface area contributed by atoms with Crippen LogP contribution in [0.4, 0.5) is 0 Å². The van der Waals surface area contributed by atoms with E-state index in [1.165, 1.54) is 12.8 Å². The fourth-order valence-electron chi connectivity index (χ4n) is 1.14. The molecule has 1 heteroatoms. The zero-order valence-electron chi connectivity index (χ0n) is 8.30. The molecule has 0 bridgehead atoms. The summed E-state index contributed by atoms with van der Waals surface area (Å²) in [4.78, 5) is 0. The Bertz CT molecular complexity index is 107. The first-order chi connectivity index (χ1) is 5.24. The maximum Gasteiger partial charge on any atom is 0.122 e. The Balaban J connectivity index is 3.67. The molecular formula is C10H20B. The number of allylic oxidation sites excluding steroid dienone is 2. The van der Waals surface area contributed by atoms with E-state index < -0.39 is 0 Å². The predicted molar refractivity (Wildman–Crippen MR) is 54.3 cm³/mol. The lowest BCUT2D eigenvalue weighted by atomic mass is 9.54. The molecule has 0 aliphatic carbocycles. The molecule has 0 aromatic carbocycles. The molecule has 1 radical (unpaired) electrons. The van der Waals surface area contributed by atoms with Crippen molar-refractivity contribution in [2.75, 3.05) is 0 Å². The zero-order chi connectivity index (χ0) is 8.69. The van der Waals surface area contributed by atoms with Crippen LogP contribution in [0.1, 0.15) is 40.5 Å². The monoisotopic (exact) mass is 151 g/mol. The van der Waals surface area contributed by atoms with Gasteiger partial charge < -0.3 is 0 Å². The fraction of sp³-hybridized carbons (Fsp3) is 0.800. The van der Waals surface area contributed by atoms with Crippen LogP contribution < -0.4 is 0 Å². The summed E-state index contributed by atoms with van der Waals surface area (Å²) < 4.78 is 0. The van der Waals surface area contributed by atoms with Gasteiger partial charge in [0.1, 0.15) is 7.28 Å². The summed E-state index contributed by atoms with van der Waals surface area (Å²) in [5.74, 6) is 1.45. The molecule has 0 saturated heterocycles. The average molecular weight is 151 g/mol. The average Bonchev–Trinajstić information content (AvgIpc) is 2.03. The van der Waals surface area contributed by atoms with Gasteiger partial charge in [-0.15, -0.1) is 0 Å². The molecule has 0 N–H and O–H groups in total. The highest BCUT2D eigenvalue weighted by atomic mass is 13.9. The molecule has 2 unspecified atom stereocenters. The van der Waals surface area contributed by atoms with E-state index in [-0.39, 0.29) is 0 Å². The second-order valence-electron chi connectivity index (χ2n) is 3.18. The van der Waals surface area contributed by atoms with Crippen molar-refractivity contribution in [2.24, 2.45) is 0 Å². The maximum absolute atomic E-state index is 2.44. The second kappa shape index (κ2) is 6.51. The highest BCUT2D eigenvalue weighted by molar-refractivity contribution is 6.40. The SMILES string of the molecule is CC=CC([B]C(C)CC)CC. The molecule has 0 fully saturated rings. The van der Waals surface area contributed by atoms with Crippen LogP contribution in [0.2, 0.25) is 11.6 Å². The minimum absolute atomic E-state index is 0.690. The van der Waals surface area contributed by atoms with Crippen molar-refractivity contribution in [1.29, 1.82) is 0 Å². The molecule has 63 valence electrons. The molecule has 2 atom stereocenters. The summed E-state index contributed by atoms with van der Waals surface area (Å²) in [5, 5.41) is 0. The third-order valence-electron chi connectivity index (χ3n) is 2.13. The predicted octanol–water partition coefficient (Wildman–Crippen LogP) is 3.68. The van der Waals surface area contributed by atoms with Gasteiger partial charge in [0.15, 0.2) is 0 Å². The summed E-state index contributed by atoms with van der Waals surface area (Å²) in [5.41, 5.74) is 0. The molecule has 0 spiro atoms. The van der Waals surface area contributed by atoms with Crippen molar-refractivity contribution < 1.29 is 0 Å². The quantitative estimate of drug-likeness (QED) is 0.415. The Hall–Kier alpha value is -0.195. The summed E-state index contributed by atoms with van der Waals surface area (Å²) >= 11 is 0. The number of hydrogen-bond donors (Lipinski definition) is 0. The van der Waals surface area contributed by atoms with Gasteiger partial charge in [-0.3, -0.25) is 0 Å². The van der Waals surface area contributed by atoms with Gasteiger partial charge in [-0.25, -0.2) is 0 Å². The molecule has 0 amide bonds. The van der Waals surface area contributed by atoms with Gasteiger partial charge in [-0.2, -0.15) is 0 Å². The third kappa shape index (κ3) is 5.12. The Morgan fingerprint density at radius 3 is 2.27 bits per heavy atom. The van der Waals surface area contributed by atoms with Gasteiger partial charge >= 0.3 is 0 Å². The van der Waals surface area contributed by atoms with E-state index in [2.05, 4.69) is 47.1 Å². The lowest BCUT2D eigenvalue weighted by Crippen LogP contribution is -2.05. The molecular weight excluding hydrogens is 131 g/mol. The van der Waals surface area contributed by atoms with Gasteiger partial charge in [0.2, 0.25) is 0 Å². The standard InChI is InChI=1S/C10H20B/c1-5-8-10(7-3)11-9(4)6-2/h5,8-10H,6-7H2,1-4H3. The minimum atomic E-state index is 0.690. The van der Waals surface area contributed by atoms with Gasteiger partial charge in [-0.05, 0) is 6.92 Å². The van der Waals surface area contributed by atoms with E-state index >= 15 is 0 Å². The molecule has 0 aromatic rings. The molecule has 0 aromatic heterocycles. The van der Waals surface area contributed by atoms with Crippen LogP contribution >= 0.6 is 0 Å². The Labute approximate surface area is 72.3 Å². The topological polar surface area (TPSA) is 0 Å². The highest BCUT2D eigenvalue weighted by Gasteiger charge is 2.08. The van der Waals surface area contributed by atoms with Crippen LogP contribution in [0.15, 0.2) is 12.2 Å². The van der Waals surface area contributed by atoms with Gasteiger partial charge in [0, 0.05) is 0 Å². The maximum atomic E-state index is 2.44. The fourth-order valence-corrected chi connectivity index (χ4v) is 1.14. The lowest BCUT2D eigenvalue weighted by molar-refractivity contribution is 0.832. The third-order valence-corrected chi connectivity index (χ3v) is 2.13. The van der Waals surface area contributed by atoms with Crippen LogP contribution in [0.3, 0.4) is 0 Å². The van der Waals surface area contributed by atoms with Crippen LogP contribution in [0.25, 0.3) is 0 Å². The first kappa shape index (κ1) is 10.8.